The van der Waals surface area contributed by atoms with E-state index in [9.17, 15) is 18.0 Å². The number of alkyl halides is 3. The van der Waals surface area contributed by atoms with Gasteiger partial charge in [-0.1, -0.05) is 0 Å². The van der Waals surface area contributed by atoms with Gasteiger partial charge in [0.1, 0.15) is 11.6 Å². The van der Waals surface area contributed by atoms with Crippen molar-refractivity contribution in [2.24, 2.45) is 17.8 Å². The molecule has 4 aliphatic carbocycles. The van der Waals surface area contributed by atoms with Crippen molar-refractivity contribution in [1.29, 1.82) is 0 Å². The molecular formula is C23H27F3N4O2. The van der Waals surface area contributed by atoms with E-state index >= 15 is 0 Å². The van der Waals surface area contributed by atoms with Gasteiger partial charge in [-0.3, -0.25) is 4.79 Å². The first-order valence-corrected chi connectivity index (χ1v) is 11.5. The number of nitrogens with one attached hydrogen (secondary N) is 1. The Balaban J connectivity index is 1.31. The van der Waals surface area contributed by atoms with Crippen molar-refractivity contribution in [2.45, 2.75) is 68.7 Å². The van der Waals surface area contributed by atoms with Gasteiger partial charge in [0.05, 0.1) is 12.3 Å². The lowest BCUT2D eigenvalue weighted by atomic mass is 9.52. The molecule has 32 heavy (non-hydrogen) atoms. The van der Waals surface area contributed by atoms with Crippen molar-refractivity contribution in [3.8, 4) is 0 Å². The summed E-state index contributed by atoms with van der Waals surface area (Å²) in [6.07, 6.45) is 3.48. The number of carbonyl (C=O) groups is 1. The first kappa shape index (κ1) is 20.2. The van der Waals surface area contributed by atoms with Crippen molar-refractivity contribution in [3.05, 3.63) is 35.9 Å². The normalized spacial score (nSPS) is 35.4. The highest BCUT2D eigenvalue weighted by atomic mass is 19.4. The number of amides is 1. The molecule has 0 spiro atoms. The van der Waals surface area contributed by atoms with Crippen molar-refractivity contribution in [2.75, 3.05) is 12.4 Å². The standard InChI is InChI=1S/C23H27F3N4O2/c1-29(22-10-13-5-14(11-22)7-15(6-13)12-22)21(31)17-9-20-27-16(18-3-2-4-32-18)8-19(23(24,25)26)30(20)28-17/h2-4,9,13-16,19,27H,5-8,10-12H2,1H3/t13?,14?,15?,16-,19+,22?/m0/s1. The lowest BCUT2D eigenvalue weighted by molar-refractivity contribution is -0.174. The lowest BCUT2D eigenvalue weighted by Gasteiger charge is -2.59. The molecule has 4 bridgehead atoms. The second-order valence-electron chi connectivity index (χ2n) is 10.4. The highest BCUT2D eigenvalue weighted by molar-refractivity contribution is 5.93. The zero-order valence-electron chi connectivity index (χ0n) is 17.9. The highest BCUT2D eigenvalue weighted by Crippen LogP contribution is 2.57. The van der Waals surface area contributed by atoms with E-state index in [0.29, 0.717) is 23.5 Å². The zero-order chi connectivity index (χ0) is 22.3. The Morgan fingerprint density at radius 1 is 1.19 bits per heavy atom. The van der Waals surface area contributed by atoms with Crippen molar-refractivity contribution >= 4 is 11.7 Å². The van der Waals surface area contributed by atoms with Gasteiger partial charge in [-0.15, -0.1) is 0 Å². The molecule has 0 radical (unpaired) electrons. The second-order valence-corrected chi connectivity index (χ2v) is 10.4. The quantitative estimate of drug-likeness (QED) is 0.703. The maximum Gasteiger partial charge on any atom is 0.410 e. The van der Waals surface area contributed by atoms with E-state index in [1.807, 2.05) is 7.05 Å². The Morgan fingerprint density at radius 3 is 2.41 bits per heavy atom. The summed E-state index contributed by atoms with van der Waals surface area (Å²) in [5.74, 6) is 2.34. The molecule has 1 N–H and O–H groups in total. The highest BCUT2D eigenvalue weighted by Gasteiger charge is 2.54. The molecule has 9 heteroatoms. The third kappa shape index (κ3) is 3.07. The summed E-state index contributed by atoms with van der Waals surface area (Å²) < 4.78 is 48.0. The van der Waals surface area contributed by atoms with E-state index in [1.165, 1.54) is 31.6 Å². The minimum Gasteiger partial charge on any atom is -0.467 e. The molecule has 6 nitrogen and oxygen atoms in total. The monoisotopic (exact) mass is 448 g/mol. The Labute approximate surface area is 184 Å². The van der Waals surface area contributed by atoms with Gasteiger partial charge < -0.3 is 14.6 Å². The third-order valence-corrected chi connectivity index (χ3v) is 8.32. The van der Waals surface area contributed by atoms with E-state index < -0.39 is 18.3 Å². The zero-order valence-corrected chi connectivity index (χ0v) is 17.9. The van der Waals surface area contributed by atoms with Crippen LogP contribution in [0.1, 0.15) is 73.3 Å². The van der Waals surface area contributed by atoms with Gasteiger partial charge in [0.25, 0.3) is 5.91 Å². The summed E-state index contributed by atoms with van der Waals surface area (Å²) >= 11 is 0. The molecule has 4 saturated carbocycles. The molecule has 7 rings (SSSR count). The second kappa shape index (κ2) is 6.78. The third-order valence-electron chi connectivity index (χ3n) is 8.32. The van der Waals surface area contributed by atoms with Gasteiger partial charge in [0.15, 0.2) is 11.7 Å². The molecule has 2 aromatic rings. The number of carbonyl (C=O) groups excluding carboxylic acids is 1. The fourth-order valence-electron chi connectivity index (χ4n) is 7.22. The van der Waals surface area contributed by atoms with Gasteiger partial charge in [0.2, 0.25) is 0 Å². The average Bonchev–Trinajstić information content (AvgIpc) is 3.40. The van der Waals surface area contributed by atoms with Crippen LogP contribution in [-0.2, 0) is 0 Å². The van der Waals surface area contributed by atoms with Crippen LogP contribution in [-0.4, -0.2) is 39.4 Å². The topological polar surface area (TPSA) is 63.3 Å². The fourth-order valence-corrected chi connectivity index (χ4v) is 7.22. The molecule has 0 saturated heterocycles. The van der Waals surface area contributed by atoms with Gasteiger partial charge in [-0.2, -0.15) is 18.3 Å². The summed E-state index contributed by atoms with van der Waals surface area (Å²) in [7, 11) is 1.81. The number of furan rings is 1. The van der Waals surface area contributed by atoms with Crippen molar-refractivity contribution in [3.63, 3.8) is 0 Å². The number of aromatic nitrogens is 2. The number of hydrogen-bond donors (Lipinski definition) is 1. The first-order valence-electron chi connectivity index (χ1n) is 11.5. The Hall–Kier alpha value is -2.45. The number of nitrogens with zero attached hydrogens (tertiary/aromatic N) is 3. The molecule has 3 heterocycles. The molecule has 4 fully saturated rings. The van der Waals surface area contributed by atoms with Crippen LogP contribution in [0.15, 0.2) is 28.9 Å². The van der Waals surface area contributed by atoms with Crippen molar-refractivity contribution < 1.29 is 22.4 Å². The van der Waals surface area contributed by atoms with Crippen LogP contribution in [0, 0.1) is 17.8 Å². The predicted molar refractivity (Wildman–Crippen MR) is 110 cm³/mol. The van der Waals surface area contributed by atoms with Crippen LogP contribution < -0.4 is 5.32 Å². The van der Waals surface area contributed by atoms with Crippen LogP contribution in [0.25, 0.3) is 0 Å². The summed E-state index contributed by atoms with van der Waals surface area (Å²) in [6, 6.07) is 2.32. The molecule has 0 aromatic carbocycles. The maximum atomic E-state index is 13.9. The summed E-state index contributed by atoms with van der Waals surface area (Å²) in [5.41, 5.74) is -0.108. The van der Waals surface area contributed by atoms with Gasteiger partial charge in [-0.05, 0) is 68.4 Å². The molecule has 5 aliphatic rings. The van der Waals surface area contributed by atoms with Crippen LogP contribution in [0.2, 0.25) is 0 Å². The van der Waals surface area contributed by atoms with Gasteiger partial charge >= 0.3 is 6.18 Å². The minimum absolute atomic E-state index is 0.0695. The summed E-state index contributed by atoms with van der Waals surface area (Å²) in [6.45, 7) is 0. The maximum absolute atomic E-state index is 13.9. The molecule has 1 aliphatic heterocycles. The van der Waals surface area contributed by atoms with Crippen molar-refractivity contribution in [1.82, 2.24) is 14.7 Å². The minimum atomic E-state index is -4.49. The number of rotatable bonds is 3. The van der Waals surface area contributed by atoms with E-state index in [4.69, 9.17) is 4.42 Å². The van der Waals surface area contributed by atoms with E-state index in [-0.39, 0.29) is 29.4 Å². The predicted octanol–water partition coefficient (Wildman–Crippen LogP) is 5.18. The molecule has 172 valence electrons. The van der Waals surface area contributed by atoms with Crippen LogP contribution in [0.3, 0.4) is 0 Å². The summed E-state index contributed by atoms with van der Waals surface area (Å²) in [5, 5.41) is 7.26. The number of anilines is 1. The van der Waals surface area contributed by atoms with Crippen LogP contribution in [0.4, 0.5) is 19.0 Å². The summed E-state index contributed by atoms with van der Waals surface area (Å²) in [4.78, 5) is 15.3. The smallest absolute Gasteiger partial charge is 0.410 e. The van der Waals surface area contributed by atoms with E-state index in [1.54, 1.807) is 17.0 Å². The van der Waals surface area contributed by atoms with Crippen LogP contribution in [0.5, 0.6) is 0 Å². The molecule has 0 unspecified atom stereocenters. The Kier molecular flexibility index (Phi) is 4.27. The largest absolute Gasteiger partial charge is 0.467 e. The fraction of sp³-hybridized carbons (Fsp3) is 0.652. The number of fused-ring (bicyclic) bond motifs is 1. The number of halogens is 3. The van der Waals surface area contributed by atoms with Crippen LogP contribution >= 0.6 is 0 Å². The Bertz CT molecular complexity index is 993. The molecule has 2 atom stereocenters. The molecular weight excluding hydrogens is 421 g/mol. The lowest BCUT2D eigenvalue weighted by Crippen LogP contribution is -2.60. The van der Waals surface area contributed by atoms with Gasteiger partial charge in [-0.25, -0.2) is 4.68 Å². The van der Waals surface area contributed by atoms with E-state index in [0.717, 1.165) is 23.9 Å². The molecule has 1 amide bonds. The average molecular weight is 448 g/mol. The number of hydrogen-bond acceptors (Lipinski definition) is 4. The SMILES string of the molecule is CN(C(=O)c1cc2n(n1)[C@@H](C(F)(F)F)C[C@@H](c1ccco1)N2)C12CC3CC(CC(C3)C1)C2. The first-order chi connectivity index (χ1) is 15.2. The molecule has 2 aromatic heterocycles. The Morgan fingerprint density at radius 2 is 1.84 bits per heavy atom. The van der Waals surface area contributed by atoms with Gasteiger partial charge in [0, 0.05) is 25.1 Å². The van der Waals surface area contributed by atoms with E-state index in [2.05, 4.69) is 10.4 Å².